The van der Waals surface area contributed by atoms with Crippen LogP contribution in [0.1, 0.15) is 33.1 Å². The van der Waals surface area contributed by atoms with Gasteiger partial charge in [-0.25, -0.2) is 8.42 Å². The van der Waals surface area contributed by atoms with Crippen molar-refractivity contribution in [1.29, 1.82) is 0 Å². The quantitative estimate of drug-likeness (QED) is 0.704. The van der Waals surface area contributed by atoms with Gasteiger partial charge in [0.25, 0.3) is 0 Å². The van der Waals surface area contributed by atoms with E-state index in [9.17, 15) is 13.2 Å². The van der Waals surface area contributed by atoms with Crippen molar-refractivity contribution < 1.29 is 13.2 Å². The highest BCUT2D eigenvalue weighted by Gasteiger charge is 2.65. The molecule has 0 aliphatic heterocycles. The molecule has 86 valence electrons. The van der Waals surface area contributed by atoms with Gasteiger partial charge in [-0.15, -0.1) is 0 Å². The van der Waals surface area contributed by atoms with Crippen LogP contribution in [0, 0.1) is 16.7 Å². The lowest BCUT2D eigenvalue weighted by Gasteiger charge is -2.35. The number of carbonyl (C=O) groups is 1. The predicted octanol–water partition coefficient (Wildman–Crippen LogP) is 1.95. The zero-order chi connectivity index (χ0) is 11.5. The summed E-state index contributed by atoms with van der Waals surface area (Å²) in [5.41, 5.74) is -0.926. The summed E-state index contributed by atoms with van der Waals surface area (Å²) in [6.07, 6.45) is 2.15. The topological polar surface area (TPSA) is 51.2 Å². The van der Waals surface area contributed by atoms with Gasteiger partial charge < -0.3 is 0 Å². The molecule has 2 bridgehead atoms. The molecular formula is C10H15ClO3S. The fourth-order valence-electron chi connectivity index (χ4n) is 3.40. The van der Waals surface area contributed by atoms with Crippen LogP contribution in [0.4, 0.5) is 0 Å². The van der Waals surface area contributed by atoms with Crippen molar-refractivity contribution >= 4 is 25.5 Å². The second-order valence-corrected chi connectivity index (χ2v) is 8.13. The lowest BCUT2D eigenvalue weighted by Crippen LogP contribution is -2.41. The number of hydrogen-bond acceptors (Lipinski definition) is 3. The molecule has 0 aromatic heterocycles. The van der Waals surface area contributed by atoms with Crippen LogP contribution in [0.5, 0.6) is 0 Å². The highest BCUT2D eigenvalue weighted by molar-refractivity contribution is 8.13. The highest BCUT2D eigenvalue weighted by atomic mass is 35.7. The molecule has 2 aliphatic carbocycles. The summed E-state index contributed by atoms with van der Waals surface area (Å²) in [5.74, 6) is 0.237. The fourth-order valence-corrected chi connectivity index (χ4v) is 5.23. The monoisotopic (exact) mass is 250 g/mol. The molecule has 2 rings (SSSR count). The van der Waals surface area contributed by atoms with Crippen LogP contribution in [0.2, 0.25) is 0 Å². The third kappa shape index (κ3) is 1.45. The number of hydrogen-bond donors (Lipinski definition) is 0. The first-order chi connectivity index (χ1) is 6.69. The smallest absolute Gasteiger partial charge is 0.233 e. The fraction of sp³-hybridized carbons (Fsp3) is 0.900. The van der Waals surface area contributed by atoms with Crippen molar-refractivity contribution in [3.63, 3.8) is 0 Å². The van der Waals surface area contributed by atoms with E-state index < -0.39 is 14.5 Å². The van der Waals surface area contributed by atoms with Gasteiger partial charge in [0.1, 0.15) is 5.78 Å². The minimum absolute atomic E-state index is 0.0907. The minimum Gasteiger partial charge on any atom is -0.299 e. The molecule has 0 amide bonds. The largest absolute Gasteiger partial charge is 0.299 e. The summed E-state index contributed by atoms with van der Waals surface area (Å²) < 4.78 is 22.4. The van der Waals surface area contributed by atoms with E-state index in [0.717, 1.165) is 6.42 Å². The van der Waals surface area contributed by atoms with E-state index in [1.807, 2.05) is 13.8 Å². The van der Waals surface area contributed by atoms with Gasteiger partial charge in [-0.05, 0) is 24.2 Å². The van der Waals surface area contributed by atoms with Gasteiger partial charge in [-0.1, -0.05) is 13.8 Å². The van der Waals surface area contributed by atoms with E-state index in [4.69, 9.17) is 10.7 Å². The van der Waals surface area contributed by atoms with Gasteiger partial charge in [0.15, 0.2) is 0 Å². The maximum absolute atomic E-state index is 11.9. The third-order valence-corrected chi connectivity index (χ3v) is 5.72. The van der Waals surface area contributed by atoms with Crippen LogP contribution in [0.15, 0.2) is 0 Å². The lowest BCUT2D eigenvalue weighted by molar-refractivity contribution is -0.128. The first-order valence-corrected chi connectivity index (χ1v) is 7.62. The molecule has 0 saturated heterocycles. The Kier molecular flexibility index (Phi) is 2.26. The molecule has 0 aromatic rings. The number of Topliss-reactive ketones (excluding diaryl/α,β-unsaturated/α-hetero) is 1. The molecule has 5 heteroatoms. The molecule has 0 N–H and O–H groups in total. The van der Waals surface area contributed by atoms with Gasteiger partial charge >= 0.3 is 0 Å². The van der Waals surface area contributed by atoms with E-state index in [-0.39, 0.29) is 17.0 Å². The number of fused-ring (bicyclic) bond motifs is 2. The molecular weight excluding hydrogens is 236 g/mol. The normalized spacial score (nSPS) is 38.6. The van der Waals surface area contributed by atoms with E-state index in [0.29, 0.717) is 18.8 Å². The number of halogens is 1. The summed E-state index contributed by atoms with van der Waals surface area (Å²) >= 11 is 0. The molecule has 2 atom stereocenters. The average Bonchev–Trinajstić information content (AvgIpc) is 2.34. The Balaban J connectivity index is 2.45. The van der Waals surface area contributed by atoms with Crippen molar-refractivity contribution in [3.05, 3.63) is 0 Å². The second-order valence-electron chi connectivity index (χ2n) is 5.35. The van der Waals surface area contributed by atoms with Crippen LogP contribution in [-0.2, 0) is 13.8 Å². The first kappa shape index (κ1) is 11.4. The molecule has 0 aromatic carbocycles. The summed E-state index contributed by atoms with van der Waals surface area (Å²) in [4.78, 5) is 11.9. The summed E-state index contributed by atoms with van der Waals surface area (Å²) in [7, 11) is 1.71. The lowest BCUT2D eigenvalue weighted by atomic mass is 9.70. The average molecular weight is 251 g/mol. The van der Waals surface area contributed by atoms with Crippen molar-refractivity contribution in [1.82, 2.24) is 0 Å². The van der Waals surface area contributed by atoms with E-state index >= 15 is 0 Å². The SMILES string of the molecule is CC1(C)C2CCC1(CS(=O)(=O)Cl)C(=O)C2. The Morgan fingerprint density at radius 2 is 2.07 bits per heavy atom. The van der Waals surface area contributed by atoms with Crippen molar-refractivity contribution in [2.45, 2.75) is 33.1 Å². The molecule has 0 spiro atoms. The summed E-state index contributed by atoms with van der Waals surface area (Å²) in [5, 5.41) is 0. The predicted molar refractivity (Wildman–Crippen MR) is 58.2 cm³/mol. The van der Waals surface area contributed by atoms with Crippen molar-refractivity contribution in [3.8, 4) is 0 Å². The Bertz CT molecular complexity index is 412. The highest BCUT2D eigenvalue weighted by Crippen LogP contribution is 2.64. The molecule has 2 aliphatic rings. The molecule has 15 heavy (non-hydrogen) atoms. The molecule has 0 heterocycles. The number of rotatable bonds is 2. The minimum atomic E-state index is -3.60. The van der Waals surface area contributed by atoms with Crippen LogP contribution >= 0.6 is 10.7 Å². The Hall–Kier alpha value is -0.0900. The van der Waals surface area contributed by atoms with Crippen LogP contribution in [-0.4, -0.2) is 20.0 Å². The van der Waals surface area contributed by atoms with Crippen LogP contribution in [0.3, 0.4) is 0 Å². The zero-order valence-electron chi connectivity index (χ0n) is 8.92. The Morgan fingerprint density at radius 3 is 2.40 bits per heavy atom. The maximum atomic E-state index is 11.9. The van der Waals surface area contributed by atoms with Gasteiger partial charge in [-0.3, -0.25) is 4.79 Å². The Morgan fingerprint density at radius 1 is 1.47 bits per heavy atom. The third-order valence-electron chi connectivity index (χ3n) is 4.56. The zero-order valence-corrected chi connectivity index (χ0v) is 10.5. The van der Waals surface area contributed by atoms with Crippen LogP contribution in [0.25, 0.3) is 0 Å². The van der Waals surface area contributed by atoms with Gasteiger partial charge in [0.2, 0.25) is 9.05 Å². The second kappa shape index (κ2) is 2.98. The molecule has 2 saturated carbocycles. The molecule has 2 fully saturated rings. The molecule has 0 radical (unpaired) electrons. The van der Waals surface area contributed by atoms with Crippen LogP contribution < -0.4 is 0 Å². The summed E-state index contributed by atoms with van der Waals surface area (Å²) in [6, 6.07) is 0. The van der Waals surface area contributed by atoms with Crippen molar-refractivity contribution in [2.75, 3.05) is 5.75 Å². The number of ketones is 1. The van der Waals surface area contributed by atoms with Gasteiger partial charge in [-0.2, -0.15) is 0 Å². The van der Waals surface area contributed by atoms with Gasteiger partial charge in [0, 0.05) is 22.5 Å². The molecule has 2 unspecified atom stereocenters. The van der Waals surface area contributed by atoms with Gasteiger partial charge in [0.05, 0.1) is 5.75 Å². The van der Waals surface area contributed by atoms with E-state index in [2.05, 4.69) is 0 Å². The van der Waals surface area contributed by atoms with Crippen molar-refractivity contribution in [2.24, 2.45) is 16.7 Å². The van der Waals surface area contributed by atoms with E-state index in [1.165, 1.54) is 0 Å². The van der Waals surface area contributed by atoms with E-state index in [1.54, 1.807) is 0 Å². The standard InChI is InChI=1S/C10H15ClO3S/c1-9(2)7-3-4-10(9,8(12)5-7)6-15(11,13)14/h7H,3-6H2,1-2H3. The Labute approximate surface area is 94.6 Å². The molecule has 3 nitrogen and oxygen atoms in total. The summed E-state index contributed by atoms with van der Waals surface area (Å²) in [6.45, 7) is 4.00. The number of carbonyl (C=O) groups excluding carboxylic acids is 1. The maximum Gasteiger partial charge on any atom is 0.233 e. The first-order valence-electron chi connectivity index (χ1n) is 5.15.